The molecule has 0 saturated carbocycles. The van der Waals surface area contributed by atoms with Crippen molar-refractivity contribution in [1.82, 2.24) is 25.1 Å². The molecular weight excluding hydrogens is 457 g/mol. The maximum atomic E-state index is 12.7. The molecule has 2 amide bonds. The summed E-state index contributed by atoms with van der Waals surface area (Å²) in [4.78, 5) is 25.8. The molecule has 2 aliphatic heterocycles. The van der Waals surface area contributed by atoms with Crippen molar-refractivity contribution in [2.75, 3.05) is 44.2 Å². The molecule has 0 radical (unpaired) electrons. The molecule has 2 saturated heterocycles. The smallest absolute Gasteiger partial charge is 0.365 e. The molecule has 0 spiro atoms. The summed E-state index contributed by atoms with van der Waals surface area (Å²) < 4.78 is 38.1. The number of carbonyl (C=O) groups excluding carboxylic acids is 1. The monoisotopic (exact) mass is 490 g/mol. The molecule has 7 nitrogen and oxygen atoms in total. The Labute approximate surface area is 204 Å². The first-order valence-electron chi connectivity index (χ1n) is 12.2. The molecule has 1 aromatic heterocycles. The lowest BCUT2D eigenvalue weighted by molar-refractivity contribution is -0.145. The average molecular weight is 491 g/mol. The summed E-state index contributed by atoms with van der Waals surface area (Å²) in [5.74, 6) is -0.523. The van der Waals surface area contributed by atoms with E-state index in [4.69, 9.17) is 0 Å². The predicted octanol–water partition coefficient (Wildman–Crippen LogP) is 4.02. The van der Waals surface area contributed by atoms with E-state index >= 15 is 0 Å². The van der Waals surface area contributed by atoms with E-state index in [9.17, 15) is 18.0 Å². The number of amides is 2. The van der Waals surface area contributed by atoms with Crippen molar-refractivity contribution >= 4 is 11.7 Å². The van der Waals surface area contributed by atoms with Crippen LogP contribution in [0.15, 0.2) is 42.7 Å². The number of urea groups is 1. The fraction of sp³-hybridized carbons (Fsp3) is 0.560. The third-order valence-corrected chi connectivity index (χ3v) is 6.93. The Morgan fingerprint density at radius 2 is 1.74 bits per heavy atom. The van der Waals surface area contributed by atoms with Crippen LogP contribution in [0, 0.1) is 5.92 Å². The average Bonchev–Trinajstić information content (AvgIpc) is 2.85. The number of aromatic nitrogens is 2. The number of carbonyl (C=O) groups is 1. The van der Waals surface area contributed by atoms with Gasteiger partial charge in [0.05, 0.1) is 18.1 Å². The van der Waals surface area contributed by atoms with Gasteiger partial charge >= 0.3 is 12.2 Å². The van der Waals surface area contributed by atoms with E-state index in [0.717, 1.165) is 38.9 Å². The van der Waals surface area contributed by atoms with Crippen molar-refractivity contribution in [3.63, 3.8) is 0 Å². The van der Waals surface area contributed by atoms with Gasteiger partial charge in [-0.2, -0.15) is 13.2 Å². The van der Waals surface area contributed by atoms with Crippen molar-refractivity contribution in [3.05, 3.63) is 54.1 Å². The third kappa shape index (κ3) is 6.84. The zero-order chi connectivity index (χ0) is 24.8. The van der Waals surface area contributed by atoms with Gasteiger partial charge in [0.2, 0.25) is 5.82 Å². The molecule has 10 heteroatoms. The van der Waals surface area contributed by atoms with Crippen LogP contribution in [0.1, 0.15) is 37.6 Å². The molecule has 1 aromatic carbocycles. The van der Waals surface area contributed by atoms with Crippen LogP contribution >= 0.6 is 0 Å². The topological polar surface area (TPSA) is 64.6 Å². The number of anilines is 1. The van der Waals surface area contributed by atoms with Gasteiger partial charge in [-0.25, -0.2) is 14.8 Å². The first-order valence-corrected chi connectivity index (χ1v) is 12.2. The summed E-state index contributed by atoms with van der Waals surface area (Å²) in [6, 6.07) is 10.4. The van der Waals surface area contributed by atoms with E-state index in [1.165, 1.54) is 18.0 Å². The van der Waals surface area contributed by atoms with Gasteiger partial charge in [0.15, 0.2) is 0 Å². The Morgan fingerprint density at radius 3 is 2.37 bits per heavy atom. The number of hydrogen-bond acceptors (Lipinski definition) is 5. The number of piperidine rings is 1. The molecule has 4 rings (SSSR count). The van der Waals surface area contributed by atoms with E-state index in [1.54, 1.807) is 4.90 Å². The Kier molecular flexibility index (Phi) is 8.10. The molecule has 2 aromatic rings. The van der Waals surface area contributed by atoms with Crippen molar-refractivity contribution in [3.8, 4) is 0 Å². The highest BCUT2D eigenvalue weighted by molar-refractivity contribution is 5.75. The third-order valence-electron chi connectivity index (χ3n) is 6.93. The largest absolute Gasteiger partial charge is 0.451 e. The molecule has 190 valence electrons. The highest BCUT2D eigenvalue weighted by atomic mass is 19.4. The lowest BCUT2D eigenvalue weighted by Gasteiger charge is -2.40. The van der Waals surface area contributed by atoms with E-state index in [-0.39, 0.29) is 12.1 Å². The Bertz CT molecular complexity index is 948. The lowest BCUT2D eigenvalue weighted by Crippen LogP contribution is -2.56. The van der Waals surface area contributed by atoms with Gasteiger partial charge in [-0.3, -0.25) is 4.90 Å². The molecule has 2 aliphatic rings. The fourth-order valence-electron chi connectivity index (χ4n) is 4.88. The number of rotatable bonds is 6. The number of alkyl halides is 3. The zero-order valence-corrected chi connectivity index (χ0v) is 20.0. The number of piperazine rings is 1. The molecule has 35 heavy (non-hydrogen) atoms. The molecule has 0 unspecified atom stereocenters. The Balaban J connectivity index is 1.16. The minimum atomic E-state index is -4.55. The van der Waals surface area contributed by atoms with Crippen LogP contribution in [0.25, 0.3) is 0 Å². The van der Waals surface area contributed by atoms with Gasteiger partial charge < -0.3 is 15.1 Å². The van der Waals surface area contributed by atoms with Crippen molar-refractivity contribution in [2.24, 2.45) is 5.92 Å². The molecule has 1 N–H and O–H groups in total. The normalized spacial score (nSPS) is 20.2. The van der Waals surface area contributed by atoms with E-state index in [1.807, 2.05) is 17.9 Å². The Hall–Kier alpha value is -2.88. The van der Waals surface area contributed by atoms with Gasteiger partial charge in [0.25, 0.3) is 0 Å². The minimum absolute atomic E-state index is 0.0766. The molecule has 3 heterocycles. The van der Waals surface area contributed by atoms with Crippen molar-refractivity contribution in [1.29, 1.82) is 0 Å². The standard InChI is InChI=1S/C25H33F3N6O/c1-19-17-33(22-15-30-23(31-16-22)25(26,27)28)13-14-34(19)24(35)29-10-7-20-8-11-32(12-9-20)18-21-5-3-2-4-6-21/h2-6,15-16,19-20H,7-14,17-18H2,1H3,(H,29,35)/t19-/m1/s1. The number of benzene rings is 1. The maximum absolute atomic E-state index is 12.7. The first kappa shape index (κ1) is 25.2. The fourth-order valence-corrected chi connectivity index (χ4v) is 4.88. The van der Waals surface area contributed by atoms with Crippen LogP contribution in [0.2, 0.25) is 0 Å². The molecular formula is C25H33F3N6O. The maximum Gasteiger partial charge on any atom is 0.451 e. The second-order valence-corrected chi connectivity index (χ2v) is 9.48. The number of nitrogens with one attached hydrogen (secondary N) is 1. The van der Waals surface area contributed by atoms with Crippen LogP contribution in [0.4, 0.5) is 23.7 Å². The van der Waals surface area contributed by atoms with Crippen LogP contribution in [-0.4, -0.2) is 71.1 Å². The summed E-state index contributed by atoms with van der Waals surface area (Å²) in [6.07, 6.45) is 1.11. The summed E-state index contributed by atoms with van der Waals surface area (Å²) >= 11 is 0. The predicted molar refractivity (Wildman–Crippen MR) is 128 cm³/mol. The molecule has 2 fully saturated rings. The first-order chi connectivity index (χ1) is 16.8. The Morgan fingerprint density at radius 1 is 1.06 bits per heavy atom. The van der Waals surface area contributed by atoms with Crippen LogP contribution in [0.3, 0.4) is 0 Å². The number of hydrogen-bond donors (Lipinski definition) is 1. The van der Waals surface area contributed by atoms with Gasteiger partial charge in [0.1, 0.15) is 0 Å². The summed E-state index contributed by atoms with van der Waals surface area (Å²) in [5.41, 5.74) is 1.88. The SMILES string of the molecule is C[C@@H]1CN(c2cnc(C(F)(F)F)nc2)CCN1C(=O)NCCC1CCN(Cc2ccccc2)CC1. The van der Waals surface area contributed by atoms with Gasteiger partial charge in [-0.1, -0.05) is 30.3 Å². The van der Waals surface area contributed by atoms with E-state index in [0.29, 0.717) is 37.8 Å². The zero-order valence-electron chi connectivity index (χ0n) is 20.0. The second-order valence-electron chi connectivity index (χ2n) is 9.48. The van der Waals surface area contributed by atoms with E-state index in [2.05, 4.69) is 44.5 Å². The summed E-state index contributed by atoms with van der Waals surface area (Å²) in [5, 5.41) is 3.06. The quantitative estimate of drug-likeness (QED) is 0.663. The summed E-state index contributed by atoms with van der Waals surface area (Å²) in [7, 11) is 0. The summed E-state index contributed by atoms with van der Waals surface area (Å²) in [6.45, 7) is 7.29. The molecule has 1 atom stereocenters. The van der Waals surface area contributed by atoms with Gasteiger partial charge in [-0.15, -0.1) is 0 Å². The highest BCUT2D eigenvalue weighted by Gasteiger charge is 2.35. The number of likely N-dealkylation sites (tertiary alicyclic amines) is 1. The second kappa shape index (κ2) is 11.2. The van der Waals surface area contributed by atoms with Crippen molar-refractivity contribution < 1.29 is 18.0 Å². The minimum Gasteiger partial charge on any atom is -0.365 e. The van der Waals surface area contributed by atoms with Crippen molar-refractivity contribution in [2.45, 2.75) is 44.9 Å². The molecule has 0 bridgehead atoms. The van der Waals surface area contributed by atoms with Gasteiger partial charge in [0, 0.05) is 38.8 Å². The number of nitrogens with zero attached hydrogens (tertiary/aromatic N) is 5. The highest BCUT2D eigenvalue weighted by Crippen LogP contribution is 2.27. The number of halogens is 3. The lowest BCUT2D eigenvalue weighted by atomic mass is 9.93. The van der Waals surface area contributed by atoms with Crippen LogP contribution < -0.4 is 10.2 Å². The van der Waals surface area contributed by atoms with Gasteiger partial charge in [-0.05, 0) is 50.8 Å². The van der Waals surface area contributed by atoms with Crippen LogP contribution in [0.5, 0.6) is 0 Å². The van der Waals surface area contributed by atoms with Crippen LogP contribution in [-0.2, 0) is 12.7 Å². The molecule has 0 aliphatic carbocycles. The van der Waals surface area contributed by atoms with E-state index < -0.39 is 12.0 Å².